The lowest BCUT2D eigenvalue weighted by Gasteiger charge is -2.24. The standard InChI is InChI=1S/C9H14N2O/c1-3-7(2)11-8-4-5-9(12)10-6-8/h1,7-8,11H,4-6H2,2H3,(H,10,12). The van der Waals surface area contributed by atoms with Gasteiger partial charge in [0, 0.05) is 19.0 Å². The van der Waals surface area contributed by atoms with Crippen molar-refractivity contribution in [3.63, 3.8) is 0 Å². The minimum Gasteiger partial charge on any atom is -0.355 e. The maximum Gasteiger partial charge on any atom is 0.220 e. The van der Waals surface area contributed by atoms with E-state index in [1.165, 1.54) is 0 Å². The molecule has 3 heteroatoms. The largest absolute Gasteiger partial charge is 0.355 e. The third-order valence-electron chi connectivity index (χ3n) is 2.00. The van der Waals surface area contributed by atoms with E-state index >= 15 is 0 Å². The SMILES string of the molecule is C#CC(C)NC1CCC(=O)NC1. The Morgan fingerprint density at radius 1 is 1.83 bits per heavy atom. The van der Waals surface area contributed by atoms with Gasteiger partial charge in [-0.3, -0.25) is 10.1 Å². The minimum atomic E-state index is 0.0880. The maximum absolute atomic E-state index is 10.8. The van der Waals surface area contributed by atoms with Gasteiger partial charge in [-0.1, -0.05) is 5.92 Å². The molecule has 0 bridgehead atoms. The van der Waals surface area contributed by atoms with Crippen molar-refractivity contribution in [3.8, 4) is 12.3 Å². The number of amides is 1. The van der Waals surface area contributed by atoms with Crippen LogP contribution in [-0.2, 0) is 4.79 Å². The van der Waals surface area contributed by atoms with Crippen LogP contribution in [0.15, 0.2) is 0 Å². The van der Waals surface area contributed by atoms with Gasteiger partial charge in [-0.25, -0.2) is 0 Å². The Morgan fingerprint density at radius 3 is 3.08 bits per heavy atom. The van der Waals surface area contributed by atoms with Crippen LogP contribution in [0.2, 0.25) is 0 Å². The average Bonchev–Trinajstić information content (AvgIpc) is 2.09. The van der Waals surface area contributed by atoms with E-state index in [1.807, 2.05) is 6.92 Å². The van der Waals surface area contributed by atoms with Crippen LogP contribution in [0, 0.1) is 12.3 Å². The molecule has 2 atom stereocenters. The molecular weight excluding hydrogens is 152 g/mol. The fourth-order valence-corrected chi connectivity index (χ4v) is 1.28. The molecule has 0 spiro atoms. The van der Waals surface area contributed by atoms with Gasteiger partial charge in [-0.2, -0.15) is 0 Å². The van der Waals surface area contributed by atoms with E-state index in [0.717, 1.165) is 6.42 Å². The highest BCUT2D eigenvalue weighted by Gasteiger charge is 2.18. The van der Waals surface area contributed by atoms with Crippen molar-refractivity contribution in [2.45, 2.75) is 31.8 Å². The van der Waals surface area contributed by atoms with E-state index in [9.17, 15) is 4.79 Å². The molecule has 2 N–H and O–H groups in total. The molecular formula is C9H14N2O. The number of hydrogen-bond acceptors (Lipinski definition) is 2. The summed E-state index contributed by atoms with van der Waals surface area (Å²) in [7, 11) is 0. The Morgan fingerprint density at radius 2 is 2.58 bits per heavy atom. The summed E-state index contributed by atoms with van der Waals surface area (Å²) in [5.74, 6) is 2.74. The Hall–Kier alpha value is -1.01. The third kappa shape index (κ3) is 2.55. The summed E-state index contributed by atoms with van der Waals surface area (Å²) in [6.45, 7) is 2.64. The topological polar surface area (TPSA) is 41.1 Å². The number of carbonyl (C=O) groups is 1. The van der Waals surface area contributed by atoms with E-state index in [-0.39, 0.29) is 11.9 Å². The predicted octanol–water partition coefficient (Wildman–Crippen LogP) is -0.124. The fourth-order valence-electron chi connectivity index (χ4n) is 1.28. The van der Waals surface area contributed by atoms with Crippen molar-refractivity contribution in [2.75, 3.05) is 6.54 Å². The lowest BCUT2D eigenvalue weighted by molar-refractivity contribution is -0.122. The summed E-state index contributed by atoms with van der Waals surface area (Å²) in [4.78, 5) is 10.8. The van der Waals surface area contributed by atoms with Crippen LogP contribution in [-0.4, -0.2) is 24.5 Å². The maximum atomic E-state index is 10.8. The second-order valence-corrected chi connectivity index (χ2v) is 3.09. The van der Waals surface area contributed by atoms with Crippen LogP contribution in [0.1, 0.15) is 19.8 Å². The van der Waals surface area contributed by atoms with Crippen molar-refractivity contribution in [1.29, 1.82) is 0 Å². The van der Waals surface area contributed by atoms with Crippen molar-refractivity contribution in [3.05, 3.63) is 0 Å². The van der Waals surface area contributed by atoms with Gasteiger partial charge in [0.05, 0.1) is 6.04 Å². The monoisotopic (exact) mass is 166 g/mol. The van der Waals surface area contributed by atoms with Gasteiger partial charge >= 0.3 is 0 Å². The van der Waals surface area contributed by atoms with Crippen molar-refractivity contribution < 1.29 is 4.79 Å². The minimum absolute atomic E-state index is 0.0880. The van der Waals surface area contributed by atoms with Gasteiger partial charge < -0.3 is 5.32 Å². The first-order chi connectivity index (χ1) is 5.72. The number of nitrogens with one attached hydrogen (secondary N) is 2. The number of rotatable bonds is 2. The van der Waals surface area contributed by atoms with Gasteiger partial charge in [0.2, 0.25) is 5.91 Å². The predicted molar refractivity (Wildman–Crippen MR) is 47.5 cm³/mol. The number of terminal acetylenes is 1. The van der Waals surface area contributed by atoms with Gasteiger partial charge in [0.15, 0.2) is 0 Å². The molecule has 1 saturated heterocycles. The molecule has 66 valence electrons. The van der Waals surface area contributed by atoms with Crippen molar-refractivity contribution in [2.24, 2.45) is 0 Å². The van der Waals surface area contributed by atoms with Crippen LogP contribution in [0.3, 0.4) is 0 Å². The molecule has 0 saturated carbocycles. The Bertz CT molecular complexity index is 197. The molecule has 0 radical (unpaired) electrons. The van der Waals surface area contributed by atoms with Crippen molar-refractivity contribution >= 4 is 5.91 Å². The molecule has 1 fully saturated rings. The zero-order chi connectivity index (χ0) is 8.97. The summed E-state index contributed by atoms with van der Waals surface area (Å²) >= 11 is 0. The Labute approximate surface area is 72.9 Å². The molecule has 2 unspecified atom stereocenters. The quantitative estimate of drug-likeness (QED) is 0.561. The molecule has 1 aliphatic rings. The molecule has 1 amide bonds. The van der Waals surface area contributed by atoms with Gasteiger partial charge in [-0.15, -0.1) is 6.42 Å². The molecule has 3 nitrogen and oxygen atoms in total. The average molecular weight is 166 g/mol. The molecule has 1 rings (SSSR count). The Balaban J connectivity index is 2.27. The molecule has 0 aromatic heterocycles. The van der Waals surface area contributed by atoms with E-state index in [0.29, 0.717) is 19.0 Å². The van der Waals surface area contributed by atoms with Crippen LogP contribution in [0.4, 0.5) is 0 Å². The summed E-state index contributed by atoms with van der Waals surface area (Å²) in [5.41, 5.74) is 0. The van der Waals surface area contributed by atoms with Crippen molar-refractivity contribution in [1.82, 2.24) is 10.6 Å². The summed E-state index contributed by atoms with van der Waals surface area (Å²) < 4.78 is 0. The lowest BCUT2D eigenvalue weighted by Crippen LogP contribution is -2.48. The smallest absolute Gasteiger partial charge is 0.220 e. The van der Waals surface area contributed by atoms with E-state index in [4.69, 9.17) is 6.42 Å². The van der Waals surface area contributed by atoms with Crippen LogP contribution < -0.4 is 10.6 Å². The first kappa shape index (κ1) is 9.08. The van der Waals surface area contributed by atoms with Crippen LogP contribution in [0.5, 0.6) is 0 Å². The van der Waals surface area contributed by atoms with Gasteiger partial charge in [0.1, 0.15) is 0 Å². The molecule has 1 aliphatic heterocycles. The molecule has 0 aliphatic carbocycles. The summed E-state index contributed by atoms with van der Waals surface area (Å²) in [6, 6.07) is 0.429. The number of hydrogen-bond donors (Lipinski definition) is 2. The molecule has 12 heavy (non-hydrogen) atoms. The van der Waals surface area contributed by atoms with Gasteiger partial charge in [-0.05, 0) is 13.3 Å². The van der Waals surface area contributed by atoms with E-state index in [1.54, 1.807) is 0 Å². The fraction of sp³-hybridized carbons (Fsp3) is 0.667. The summed E-state index contributed by atoms with van der Waals surface area (Å²) in [5, 5.41) is 6.03. The highest BCUT2D eigenvalue weighted by molar-refractivity contribution is 5.76. The van der Waals surface area contributed by atoms with Crippen LogP contribution >= 0.6 is 0 Å². The third-order valence-corrected chi connectivity index (χ3v) is 2.00. The zero-order valence-electron chi connectivity index (χ0n) is 7.26. The summed E-state index contributed by atoms with van der Waals surface area (Å²) in [6.07, 6.45) is 6.71. The molecule has 0 aromatic carbocycles. The molecule has 0 aromatic rings. The zero-order valence-corrected chi connectivity index (χ0v) is 7.26. The normalized spacial score (nSPS) is 25.7. The molecule has 1 heterocycles. The second kappa shape index (κ2) is 4.13. The first-order valence-electron chi connectivity index (χ1n) is 4.21. The highest BCUT2D eigenvalue weighted by atomic mass is 16.1. The van der Waals surface area contributed by atoms with E-state index < -0.39 is 0 Å². The second-order valence-electron chi connectivity index (χ2n) is 3.09. The highest BCUT2D eigenvalue weighted by Crippen LogP contribution is 2.02. The Kier molecular flexibility index (Phi) is 3.12. The lowest BCUT2D eigenvalue weighted by atomic mass is 10.1. The van der Waals surface area contributed by atoms with Crippen LogP contribution in [0.25, 0.3) is 0 Å². The van der Waals surface area contributed by atoms with E-state index in [2.05, 4.69) is 16.6 Å². The number of piperidine rings is 1. The van der Waals surface area contributed by atoms with Gasteiger partial charge in [0.25, 0.3) is 0 Å². The number of carbonyl (C=O) groups excluding carboxylic acids is 1. The first-order valence-corrected chi connectivity index (χ1v) is 4.21.